The normalized spacial score (nSPS) is 16.0. The van der Waals surface area contributed by atoms with Crippen molar-refractivity contribution in [1.82, 2.24) is 5.32 Å². The number of Topliss-reactive ketones (excluding diaryl/α,β-unsaturated/α-hetero) is 1. The first kappa shape index (κ1) is 22.5. The number of piperidine rings is 1. The Balaban J connectivity index is 0.000000417. The van der Waals surface area contributed by atoms with Crippen molar-refractivity contribution in [3.63, 3.8) is 0 Å². The van der Waals surface area contributed by atoms with Gasteiger partial charge in [-0.15, -0.1) is 0 Å². The number of nitrogens with one attached hydrogen (secondary N) is 1. The quantitative estimate of drug-likeness (QED) is 0.486. The van der Waals surface area contributed by atoms with E-state index in [1.807, 2.05) is 27.7 Å². The highest BCUT2D eigenvalue weighted by Crippen LogP contribution is 2.18. The lowest BCUT2D eigenvalue weighted by atomic mass is 9.97. The third-order valence-corrected chi connectivity index (χ3v) is 3.51. The summed E-state index contributed by atoms with van der Waals surface area (Å²) in [6, 6.07) is 4.82. The number of phenolic OH excluding ortho intramolecular Hbond substituents is 1. The molecule has 1 aliphatic rings. The molecule has 0 spiro atoms. The Bertz CT molecular complexity index is 622. The van der Waals surface area contributed by atoms with Gasteiger partial charge in [0.15, 0.2) is 5.78 Å². The molecule has 2 amide bonds. The van der Waals surface area contributed by atoms with Gasteiger partial charge in [0.1, 0.15) is 12.0 Å². The van der Waals surface area contributed by atoms with Gasteiger partial charge in [-0.1, -0.05) is 20.8 Å². The molecule has 0 bridgehead atoms. The van der Waals surface area contributed by atoms with Crippen LogP contribution >= 0.6 is 0 Å². The smallest absolute Gasteiger partial charge is 0.229 e. The zero-order valence-electron chi connectivity index (χ0n) is 15.5. The second-order valence-corrected chi connectivity index (χ2v) is 6.11. The van der Waals surface area contributed by atoms with Crippen LogP contribution in [0.4, 0.5) is 0 Å². The monoisotopic (exact) mass is 349 g/mol. The fourth-order valence-corrected chi connectivity index (χ4v) is 2.04. The minimum atomic E-state index is -0.141. The molecule has 0 saturated carbocycles. The largest absolute Gasteiger partial charge is 0.508 e. The average Bonchev–Trinajstić information content (AvgIpc) is 2.52. The summed E-state index contributed by atoms with van der Waals surface area (Å²) in [4.78, 5) is 41.6. The molecule has 1 fully saturated rings. The number of amides is 2. The highest BCUT2D eigenvalue weighted by atomic mass is 16.3. The third kappa shape index (κ3) is 8.24. The first-order valence-corrected chi connectivity index (χ1v) is 8.21. The number of rotatable bonds is 2. The number of carbonyl (C=O) groups excluding carboxylic acids is 4. The Kier molecular flexibility index (Phi) is 10.0. The average molecular weight is 349 g/mol. The number of carbonyl (C=O) groups is 4. The van der Waals surface area contributed by atoms with E-state index in [-0.39, 0.29) is 35.2 Å². The maximum Gasteiger partial charge on any atom is 0.229 e. The SMILES string of the molecule is CC1CCC(=O)NC1=O.CC=O.Cc1cc(O)ccc1C(=O)C(C)C. The van der Waals surface area contributed by atoms with E-state index >= 15 is 0 Å². The van der Waals surface area contributed by atoms with Crippen molar-refractivity contribution < 1.29 is 24.3 Å². The van der Waals surface area contributed by atoms with Crippen LogP contribution in [0.3, 0.4) is 0 Å². The van der Waals surface area contributed by atoms with Gasteiger partial charge < -0.3 is 9.90 Å². The number of aldehydes is 1. The lowest BCUT2D eigenvalue weighted by Crippen LogP contribution is -2.39. The molecule has 1 aromatic carbocycles. The Labute approximate surface area is 148 Å². The molecule has 1 saturated heterocycles. The van der Waals surface area contributed by atoms with Crippen LogP contribution < -0.4 is 5.32 Å². The molecule has 6 nitrogen and oxygen atoms in total. The zero-order chi connectivity index (χ0) is 19.6. The molecule has 1 unspecified atom stereocenters. The van der Waals surface area contributed by atoms with E-state index in [2.05, 4.69) is 5.32 Å². The number of phenols is 1. The molecule has 1 aliphatic heterocycles. The Morgan fingerprint density at radius 1 is 1.32 bits per heavy atom. The molecular formula is C19H27NO5. The second-order valence-electron chi connectivity index (χ2n) is 6.11. The number of ketones is 1. The number of benzene rings is 1. The van der Waals surface area contributed by atoms with Crippen LogP contribution in [0.2, 0.25) is 0 Å². The van der Waals surface area contributed by atoms with Crippen molar-refractivity contribution in [3.8, 4) is 5.75 Å². The third-order valence-electron chi connectivity index (χ3n) is 3.51. The molecule has 1 atom stereocenters. The van der Waals surface area contributed by atoms with Crippen molar-refractivity contribution in [2.45, 2.75) is 47.5 Å². The summed E-state index contributed by atoms with van der Waals surface area (Å²) in [5, 5.41) is 11.4. The van der Waals surface area contributed by atoms with E-state index < -0.39 is 0 Å². The number of aryl methyl sites for hydroxylation is 1. The van der Waals surface area contributed by atoms with E-state index in [9.17, 15) is 14.4 Å². The summed E-state index contributed by atoms with van der Waals surface area (Å²) in [7, 11) is 0. The van der Waals surface area contributed by atoms with Gasteiger partial charge >= 0.3 is 0 Å². The van der Waals surface area contributed by atoms with Gasteiger partial charge in [-0.05, 0) is 44.0 Å². The van der Waals surface area contributed by atoms with Gasteiger partial charge in [0.25, 0.3) is 0 Å². The van der Waals surface area contributed by atoms with Crippen LogP contribution in [0.1, 0.15) is 56.5 Å². The van der Waals surface area contributed by atoms with Crippen LogP contribution in [0.15, 0.2) is 18.2 Å². The molecule has 25 heavy (non-hydrogen) atoms. The van der Waals surface area contributed by atoms with Gasteiger partial charge in [0.05, 0.1) is 0 Å². The summed E-state index contributed by atoms with van der Waals surface area (Å²) in [6.45, 7) is 8.83. The molecule has 0 radical (unpaired) electrons. The summed E-state index contributed by atoms with van der Waals surface area (Å²) in [5.41, 5.74) is 1.53. The Hall–Kier alpha value is -2.50. The van der Waals surface area contributed by atoms with Gasteiger partial charge in [0.2, 0.25) is 11.8 Å². The topological polar surface area (TPSA) is 101 Å². The summed E-state index contributed by atoms with van der Waals surface area (Å²) >= 11 is 0. The maximum absolute atomic E-state index is 11.6. The molecule has 2 rings (SSSR count). The lowest BCUT2D eigenvalue weighted by Gasteiger charge is -2.15. The molecular weight excluding hydrogens is 322 g/mol. The van der Waals surface area contributed by atoms with Crippen molar-refractivity contribution in [2.75, 3.05) is 0 Å². The molecule has 138 valence electrons. The number of hydrogen-bond donors (Lipinski definition) is 2. The van der Waals surface area contributed by atoms with Crippen LogP contribution in [0.5, 0.6) is 5.75 Å². The molecule has 6 heteroatoms. The molecule has 1 heterocycles. The van der Waals surface area contributed by atoms with Crippen LogP contribution in [0.25, 0.3) is 0 Å². The second kappa shape index (κ2) is 11.1. The Morgan fingerprint density at radius 3 is 2.28 bits per heavy atom. The lowest BCUT2D eigenvalue weighted by molar-refractivity contribution is -0.135. The minimum absolute atomic E-state index is 0.00300. The van der Waals surface area contributed by atoms with Crippen LogP contribution in [-0.4, -0.2) is 29.0 Å². The van der Waals surface area contributed by atoms with Crippen molar-refractivity contribution in [3.05, 3.63) is 29.3 Å². The van der Waals surface area contributed by atoms with E-state index in [1.165, 1.54) is 6.92 Å². The maximum atomic E-state index is 11.6. The number of hydrogen-bond acceptors (Lipinski definition) is 5. The van der Waals surface area contributed by atoms with E-state index in [4.69, 9.17) is 9.90 Å². The predicted molar refractivity (Wildman–Crippen MR) is 95.3 cm³/mol. The zero-order valence-corrected chi connectivity index (χ0v) is 15.5. The van der Waals surface area contributed by atoms with Crippen molar-refractivity contribution in [1.29, 1.82) is 0 Å². The van der Waals surface area contributed by atoms with Crippen LogP contribution in [0, 0.1) is 18.8 Å². The first-order chi connectivity index (χ1) is 11.6. The van der Waals surface area contributed by atoms with E-state index in [0.29, 0.717) is 18.4 Å². The molecule has 2 N–H and O–H groups in total. The van der Waals surface area contributed by atoms with Crippen molar-refractivity contribution in [2.24, 2.45) is 11.8 Å². The first-order valence-electron chi connectivity index (χ1n) is 8.21. The van der Waals surface area contributed by atoms with E-state index in [1.54, 1.807) is 18.2 Å². The highest BCUT2D eigenvalue weighted by molar-refractivity contribution is 5.99. The predicted octanol–water partition coefficient (Wildman–Crippen LogP) is 2.80. The number of aromatic hydroxyl groups is 1. The fraction of sp³-hybridized carbons (Fsp3) is 0.474. The molecule has 0 aromatic heterocycles. The van der Waals surface area contributed by atoms with Gasteiger partial charge in [-0.25, -0.2) is 0 Å². The summed E-state index contributed by atoms with van der Waals surface area (Å²) < 4.78 is 0. The fourth-order valence-electron chi connectivity index (χ4n) is 2.04. The van der Waals surface area contributed by atoms with Gasteiger partial charge in [0, 0.05) is 23.8 Å². The number of imide groups is 1. The standard InChI is InChI=1S/C11H14O2.C6H9NO2.C2H4O/c1-7(2)11(13)10-5-4-9(12)6-8(10)3;1-4-2-3-5(8)7-6(4)9;1-2-3/h4-7,12H,1-3H3;4H,2-3H2,1H3,(H,7,8,9);2H,1H3. The summed E-state index contributed by atoms with van der Waals surface area (Å²) in [6.07, 6.45) is 1.94. The van der Waals surface area contributed by atoms with Crippen molar-refractivity contribution >= 4 is 23.9 Å². The minimum Gasteiger partial charge on any atom is -0.508 e. The summed E-state index contributed by atoms with van der Waals surface area (Å²) in [5.74, 6) is 0.0746. The highest BCUT2D eigenvalue weighted by Gasteiger charge is 2.21. The van der Waals surface area contributed by atoms with Gasteiger partial charge in [-0.2, -0.15) is 0 Å². The van der Waals surface area contributed by atoms with E-state index in [0.717, 1.165) is 11.8 Å². The molecule has 1 aromatic rings. The Morgan fingerprint density at radius 2 is 1.88 bits per heavy atom. The molecule has 0 aliphatic carbocycles. The van der Waals surface area contributed by atoms with Crippen LogP contribution in [-0.2, 0) is 14.4 Å². The van der Waals surface area contributed by atoms with Gasteiger partial charge in [-0.3, -0.25) is 19.7 Å².